The Labute approximate surface area is 139 Å². The van der Waals surface area contributed by atoms with Crippen LogP contribution < -0.4 is 5.63 Å². The molecular weight excluding hydrogens is 304 g/mol. The number of carbonyl (C=O) groups is 1. The van der Waals surface area contributed by atoms with E-state index in [0.29, 0.717) is 11.1 Å². The fraction of sp³-hybridized carbons (Fsp3) is 0.200. The molecule has 1 aliphatic rings. The molecule has 0 spiro atoms. The van der Waals surface area contributed by atoms with Crippen LogP contribution in [-0.2, 0) is 9.53 Å². The van der Waals surface area contributed by atoms with Crippen molar-refractivity contribution in [3.8, 4) is 11.8 Å². The number of ether oxygens (including phenoxy) is 1. The lowest BCUT2D eigenvalue weighted by Crippen LogP contribution is -2.04. The molecule has 0 unspecified atom stereocenters. The number of hydrogen-bond donors (Lipinski definition) is 0. The van der Waals surface area contributed by atoms with Crippen molar-refractivity contribution < 1.29 is 13.9 Å². The van der Waals surface area contributed by atoms with E-state index in [0.717, 1.165) is 29.4 Å². The van der Waals surface area contributed by atoms with E-state index >= 15 is 0 Å². The molecule has 1 aliphatic carbocycles. The minimum Gasteiger partial charge on any atom is -0.463 e. The summed E-state index contributed by atoms with van der Waals surface area (Å²) in [5.74, 6) is 5.71. The van der Waals surface area contributed by atoms with Gasteiger partial charge in [-0.2, -0.15) is 0 Å². The average Bonchev–Trinajstić information content (AvgIpc) is 2.53. The van der Waals surface area contributed by atoms with E-state index in [1.165, 1.54) is 12.2 Å². The average molecular weight is 320 g/mol. The minimum atomic E-state index is -0.502. The summed E-state index contributed by atoms with van der Waals surface area (Å²) in [5, 5.41) is 0.781. The SMILES string of the molecule is CCOC(=O)/C=C/c1cc2cc3c(cc2oc1=O)C#CCC/C=C\3. The number of allylic oxidation sites excluding steroid dienone is 1. The topological polar surface area (TPSA) is 56.5 Å². The second kappa shape index (κ2) is 7.01. The molecule has 0 amide bonds. The first kappa shape index (κ1) is 15.8. The lowest BCUT2D eigenvalue weighted by Gasteiger charge is -2.05. The van der Waals surface area contributed by atoms with Crippen molar-refractivity contribution in [1.29, 1.82) is 0 Å². The predicted molar refractivity (Wildman–Crippen MR) is 93.3 cm³/mol. The molecule has 0 saturated carbocycles. The monoisotopic (exact) mass is 320 g/mol. The third-order valence-electron chi connectivity index (χ3n) is 3.57. The molecule has 2 aromatic rings. The van der Waals surface area contributed by atoms with E-state index in [1.54, 1.807) is 19.1 Å². The lowest BCUT2D eigenvalue weighted by atomic mass is 10.0. The summed E-state index contributed by atoms with van der Waals surface area (Å²) < 4.78 is 10.2. The quantitative estimate of drug-likeness (QED) is 0.376. The van der Waals surface area contributed by atoms with Crippen LogP contribution in [0.25, 0.3) is 23.1 Å². The van der Waals surface area contributed by atoms with Crippen LogP contribution in [0.4, 0.5) is 0 Å². The summed E-state index contributed by atoms with van der Waals surface area (Å²) in [7, 11) is 0. The molecule has 4 heteroatoms. The maximum atomic E-state index is 12.1. The normalized spacial score (nSPS) is 14.4. The van der Waals surface area contributed by atoms with Crippen molar-refractivity contribution in [2.75, 3.05) is 6.61 Å². The number of esters is 1. The van der Waals surface area contributed by atoms with Gasteiger partial charge in [-0.1, -0.05) is 24.0 Å². The van der Waals surface area contributed by atoms with Crippen LogP contribution in [0.3, 0.4) is 0 Å². The van der Waals surface area contributed by atoms with Gasteiger partial charge in [-0.05, 0) is 43.2 Å². The molecule has 24 heavy (non-hydrogen) atoms. The van der Waals surface area contributed by atoms with E-state index in [1.807, 2.05) is 12.1 Å². The van der Waals surface area contributed by atoms with Crippen LogP contribution in [0.15, 0.2) is 39.6 Å². The van der Waals surface area contributed by atoms with Crippen LogP contribution in [0.1, 0.15) is 36.5 Å². The van der Waals surface area contributed by atoms with Gasteiger partial charge in [0.15, 0.2) is 0 Å². The molecular formula is C20H16O4. The minimum absolute atomic E-state index is 0.287. The first-order valence-electron chi connectivity index (χ1n) is 7.79. The molecule has 0 aliphatic heterocycles. The Morgan fingerprint density at radius 2 is 2.25 bits per heavy atom. The molecule has 0 saturated heterocycles. The van der Waals surface area contributed by atoms with E-state index in [-0.39, 0.29) is 6.61 Å². The van der Waals surface area contributed by atoms with Crippen LogP contribution in [0, 0.1) is 11.8 Å². The van der Waals surface area contributed by atoms with Crippen LogP contribution in [0.2, 0.25) is 0 Å². The molecule has 1 aromatic heterocycles. The van der Waals surface area contributed by atoms with Crippen molar-refractivity contribution in [1.82, 2.24) is 0 Å². The summed E-state index contributed by atoms with van der Waals surface area (Å²) in [6.45, 7) is 2.01. The van der Waals surface area contributed by atoms with Crippen LogP contribution >= 0.6 is 0 Å². The first-order valence-corrected chi connectivity index (χ1v) is 7.79. The zero-order chi connectivity index (χ0) is 16.9. The summed E-state index contributed by atoms with van der Waals surface area (Å²) in [4.78, 5) is 23.5. The third-order valence-corrected chi connectivity index (χ3v) is 3.57. The van der Waals surface area contributed by atoms with Gasteiger partial charge < -0.3 is 9.15 Å². The molecule has 3 rings (SSSR count). The molecule has 0 radical (unpaired) electrons. The maximum absolute atomic E-state index is 12.1. The van der Waals surface area contributed by atoms with Crippen molar-refractivity contribution in [2.45, 2.75) is 19.8 Å². The van der Waals surface area contributed by atoms with Crippen molar-refractivity contribution in [2.24, 2.45) is 0 Å². The Bertz CT molecular complexity index is 965. The van der Waals surface area contributed by atoms with Gasteiger partial charge in [0.1, 0.15) is 5.58 Å². The van der Waals surface area contributed by atoms with Gasteiger partial charge >= 0.3 is 11.6 Å². The smallest absolute Gasteiger partial charge is 0.343 e. The summed E-state index contributed by atoms with van der Waals surface area (Å²) in [6.07, 6.45) is 8.48. The lowest BCUT2D eigenvalue weighted by molar-refractivity contribution is -0.137. The molecule has 120 valence electrons. The van der Waals surface area contributed by atoms with Crippen molar-refractivity contribution in [3.05, 3.63) is 57.5 Å². The van der Waals surface area contributed by atoms with Gasteiger partial charge in [-0.3, -0.25) is 0 Å². The number of benzene rings is 1. The summed E-state index contributed by atoms with van der Waals surface area (Å²) in [6, 6.07) is 5.43. The highest BCUT2D eigenvalue weighted by atomic mass is 16.5. The molecule has 0 bridgehead atoms. The Kier molecular flexibility index (Phi) is 4.62. The summed E-state index contributed by atoms with van der Waals surface area (Å²) >= 11 is 0. The zero-order valence-corrected chi connectivity index (χ0v) is 13.3. The fourth-order valence-electron chi connectivity index (χ4n) is 2.43. The standard InChI is InChI=1S/C20H16O4/c1-2-23-19(21)10-9-16-12-17-11-14-7-5-3-4-6-8-15(14)13-18(17)24-20(16)22/h5,7,9-13H,2-4H2,1H3/b7-5-,10-9+. The Morgan fingerprint density at radius 1 is 1.38 bits per heavy atom. The molecule has 1 aromatic carbocycles. The Balaban J connectivity index is 2.06. The maximum Gasteiger partial charge on any atom is 0.343 e. The molecule has 4 nitrogen and oxygen atoms in total. The Hall–Kier alpha value is -3.06. The third kappa shape index (κ3) is 3.47. The van der Waals surface area contributed by atoms with Crippen molar-refractivity contribution in [3.63, 3.8) is 0 Å². The number of rotatable bonds is 3. The van der Waals surface area contributed by atoms with Gasteiger partial charge in [0.25, 0.3) is 0 Å². The predicted octanol–water partition coefficient (Wildman–Crippen LogP) is 3.53. The summed E-state index contributed by atoms with van der Waals surface area (Å²) in [5.41, 5.74) is 2.12. The largest absolute Gasteiger partial charge is 0.463 e. The number of hydrogen-bond acceptors (Lipinski definition) is 4. The van der Waals surface area contributed by atoms with E-state index in [2.05, 4.69) is 17.9 Å². The number of fused-ring (bicyclic) bond motifs is 2. The molecule has 0 atom stereocenters. The van der Waals surface area contributed by atoms with E-state index in [4.69, 9.17) is 9.15 Å². The van der Waals surface area contributed by atoms with Gasteiger partial charge in [0.2, 0.25) is 0 Å². The Morgan fingerprint density at radius 3 is 3.08 bits per heavy atom. The van der Waals surface area contributed by atoms with Crippen LogP contribution in [-0.4, -0.2) is 12.6 Å². The first-order chi connectivity index (χ1) is 11.7. The van der Waals surface area contributed by atoms with Crippen molar-refractivity contribution >= 4 is 29.1 Å². The second-order valence-electron chi connectivity index (χ2n) is 5.29. The highest BCUT2D eigenvalue weighted by Gasteiger charge is 2.08. The van der Waals surface area contributed by atoms with Gasteiger partial charge in [-0.25, -0.2) is 9.59 Å². The molecule has 0 N–H and O–H groups in total. The molecule has 0 fully saturated rings. The molecule has 1 heterocycles. The fourth-order valence-corrected chi connectivity index (χ4v) is 2.43. The van der Waals surface area contributed by atoms with E-state index in [9.17, 15) is 9.59 Å². The van der Waals surface area contributed by atoms with Gasteiger partial charge in [0.05, 0.1) is 12.2 Å². The van der Waals surface area contributed by atoms with E-state index < -0.39 is 11.6 Å². The van der Waals surface area contributed by atoms with Crippen LogP contribution in [0.5, 0.6) is 0 Å². The highest BCUT2D eigenvalue weighted by molar-refractivity contribution is 5.89. The zero-order valence-electron chi connectivity index (χ0n) is 13.3. The number of carbonyl (C=O) groups excluding carboxylic acids is 1. The highest BCUT2D eigenvalue weighted by Crippen LogP contribution is 2.22. The second-order valence-corrected chi connectivity index (χ2v) is 5.29. The van der Waals surface area contributed by atoms with Gasteiger partial charge in [-0.15, -0.1) is 0 Å². The van der Waals surface area contributed by atoms with Gasteiger partial charge in [0, 0.05) is 23.4 Å².